The lowest BCUT2D eigenvalue weighted by Gasteiger charge is -2.33. The number of hydrogen-bond acceptors (Lipinski definition) is 4. The molecule has 0 unspecified atom stereocenters. The molecule has 0 spiro atoms. The van der Waals surface area contributed by atoms with Crippen LogP contribution in [-0.4, -0.2) is 59.4 Å². The number of nitrogens with zero attached hydrogens (tertiary/aromatic N) is 2. The van der Waals surface area contributed by atoms with Gasteiger partial charge in [-0.15, -0.1) is 0 Å². The summed E-state index contributed by atoms with van der Waals surface area (Å²) in [6.07, 6.45) is 6.34. The molecule has 0 radical (unpaired) electrons. The zero-order chi connectivity index (χ0) is 22.8. The first-order valence-electron chi connectivity index (χ1n) is 11.8. The van der Waals surface area contributed by atoms with E-state index >= 15 is 0 Å². The Morgan fingerprint density at radius 3 is 2.61 bits per heavy atom. The lowest BCUT2D eigenvalue weighted by atomic mass is 9.97. The molecule has 6 nitrogen and oxygen atoms in total. The van der Waals surface area contributed by atoms with Crippen LogP contribution in [-0.2, 0) is 4.74 Å². The number of likely N-dealkylation sites (tertiary alicyclic amines) is 1. The molecule has 5 rings (SSSR count). The Morgan fingerprint density at radius 2 is 1.85 bits per heavy atom. The molecule has 33 heavy (non-hydrogen) atoms. The average molecular weight is 468 g/mol. The molecule has 2 aromatic carbocycles. The fraction of sp³-hybridized carbons (Fsp3) is 0.423. The second kappa shape index (κ2) is 9.75. The van der Waals surface area contributed by atoms with Gasteiger partial charge in [-0.05, 0) is 69.0 Å². The third-order valence-corrected chi connectivity index (χ3v) is 7.21. The van der Waals surface area contributed by atoms with Crippen molar-refractivity contribution in [1.82, 2.24) is 14.8 Å². The maximum Gasteiger partial charge on any atom is 0.253 e. The fourth-order valence-corrected chi connectivity index (χ4v) is 5.18. The van der Waals surface area contributed by atoms with E-state index in [1.54, 1.807) is 10.6 Å². The summed E-state index contributed by atoms with van der Waals surface area (Å²) in [6, 6.07) is 12.9. The van der Waals surface area contributed by atoms with Crippen molar-refractivity contribution in [2.45, 2.75) is 31.8 Å². The number of fused-ring (bicyclic) bond motifs is 1. The van der Waals surface area contributed by atoms with Crippen LogP contribution in [0.5, 0.6) is 5.88 Å². The molecule has 1 aromatic heterocycles. The van der Waals surface area contributed by atoms with Gasteiger partial charge in [0.25, 0.3) is 5.91 Å². The highest BCUT2D eigenvalue weighted by molar-refractivity contribution is 6.36. The normalized spacial score (nSPS) is 18.2. The van der Waals surface area contributed by atoms with Crippen LogP contribution in [0.15, 0.2) is 48.7 Å². The Labute approximate surface area is 199 Å². The maximum atomic E-state index is 13.2. The third-order valence-electron chi connectivity index (χ3n) is 6.89. The molecule has 2 fully saturated rings. The number of rotatable bonds is 5. The summed E-state index contributed by atoms with van der Waals surface area (Å²) in [5.41, 5.74) is 1.36. The van der Waals surface area contributed by atoms with Gasteiger partial charge in [0.15, 0.2) is 0 Å². The van der Waals surface area contributed by atoms with Crippen molar-refractivity contribution < 1.29 is 14.6 Å². The topological polar surface area (TPSA) is 66.7 Å². The molecule has 2 aliphatic heterocycles. The van der Waals surface area contributed by atoms with Gasteiger partial charge in [0.1, 0.15) is 0 Å². The molecule has 0 aliphatic carbocycles. The molecule has 0 saturated carbocycles. The molecule has 1 amide bonds. The van der Waals surface area contributed by atoms with Crippen molar-refractivity contribution in [3.05, 3.63) is 59.2 Å². The largest absolute Gasteiger partial charge is 0.494 e. The van der Waals surface area contributed by atoms with Gasteiger partial charge in [-0.3, -0.25) is 9.36 Å². The van der Waals surface area contributed by atoms with Crippen LogP contribution >= 0.6 is 11.6 Å². The van der Waals surface area contributed by atoms with Gasteiger partial charge in [-0.25, -0.2) is 0 Å². The molecule has 2 N–H and O–H groups in total. The lowest BCUT2D eigenvalue weighted by molar-refractivity contribution is -0.00103. The van der Waals surface area contributed by atoms with Crippen LogP contribution in [0.2, 0.25) is 5.02 Å². The van der Waals surface area contributed by atoms with Crippen molar-refractivity contribution in [3.63, 3.8) is 0 Å². The number of carbonyl (C=O) groups is 1. The van der Waals surface area contributed by atoms with Gasteiger partial charge in [-0.1, -0.05) is 29.8 Å². The van der Waals surface area contributed by atoms with E-state index in [4.69, 9.17) is 16.3 Å². The molecule has 2 aliphatic rings. The van der Waals surface area contributed by atoms with Gasteiger partial charge in [-0.2, -0.15) is 0 Å². The number of nitrogens with one attached hydrogen (secondary N) is 1. The third kappa shape index (κ3) is 4.74. The first kappa shape index (κ1) is 22.3. The first-order chi connectivity index (χ1) is 16.1. The monoisotopic (exact) mass is 467 g/mol. The molecule has 2 saturated heterocycles. The summed E-state index contributed by atoms with van der Waals surface area (Å²) in [6.45, 7) is 4.38. The van der Waals surface area contributed by atoms with Crippen LogP contribution in [0.25, 0.3) is 16.5 Å². The Morgan fingerprint density at radius 1 is 1.09 bits per heavy atom. The molecule has 0 atom stereocenters. The van der Waals surface area contributed by atoms with E-state index in [0.29, 0.717) is 28.0 Å². The van der Waals surface area contributed by atoms with Gasteiger partial charge >= 0.3 is 0 Å². The smallest absolute Gasteiger partial charge is 0.253 e. The summed E-state index contributed by atoms with van der Waals surface area (Å²) in [4.78, 5) is 15.1. The first-order valence-corrected chi connectivity index (χ1v) is 12.2. The molecule has 174 valence electrons. The van der Waals surface area contributed by atoms with E-state index in [9.17, 15) is 9.90 Å². The maximum absolute atomic E-state index is 13.2. The van der Waals surface area contributed by atoms with Crippen molar-refractivity contribution >= 4 is 28.3 Å². The Kier molecular flexibility index (Phi) is 6.58. The SMILES string of the molecule is O=C(c1cccc(-n2cc3cccc(Cl)c3c2O)c1)N1CCC(COC2CCNCC2)CC1. The number of ether oxygens (including phenoxy) is 1. The zero-order valence-corrected chi connectivity index (χ0v) is 19.4. The van der Waals surface area contributed by atoms with E-state index in [0.717, 1.165) is 69.5 Å². The van der Waals surface area contributed by atoms with Crippen LogP contribution in [0.1, 0.15) is 36.0 Å². The Bertz CT molecular complexity index is 1130. The summed E-state index contributed by atoms with van der Waals surface area (Å²) in [7, 11) is 0. The van der Waals surface area contributed by atoms with Crippen molar-refractivity contribution in [2.75, 3.05) is 32.8 Å². The van der Waals surface area contributed by atoms with Gasteiger partial charge in [0, 0.05) is 42.5 Å². The minimum atomic E-state index is 0.0313. The molecule has 3 heterocycles. The fourth-order valence-electron chi connectivity index (χ4n) is 4.91. The molecular weight excluding hydrogens is 438 g/mol. The minimum absolute atomic E-state index is 0.0313. The van der Waals surface area contributed by atoms with Gasteiger partial charge < -0.3 is 20.1 Å². The summed E-state index contributed by atoms with van der Waals surface area (Å²) >= 11 is 6.28. The number of aromatic nitrogens is 1. The van der Waals surface area contributed by atoms with E-state index in [2.05, 4.69) is 5.32 Å². The predicted molar refractivity (Wildman–Crippen MR) is 130 cm³/mol. The standard InChI is InChI=1S/C26H30ClN3O3/c27-23-6-2-4-20-16-30(26(32)24(20)23)21-5-1-3-19(15-21)25(31)29-13-9-18(10-14-29)17-33-22-7-11-28-12-8-22/h1-6,15-16,18,22,28,32H,7-14,17H2. The Hall–Kier alpha value is -2.54. The number of amides is 1. The van der Waals surface area contributed by atoms with Gasteiger partial charge in [0.2, 0.25) is 5.88 Å². The highest BCUT2D eigenvalue weighted by Gasteiger charge is 2.25. The second-order valence-electron chi connectivity index (χ2n) is 9.10. The quantitative estimate of drug-likeness (QED) is 0.575. The number of aromatic hydroxyl groups is 1. The van der Waals surface area contributed by atoms with E-state index in [-0.39, 0.29) is 11.8 Å². The van der Waals surface area contributed by atoms with E-state index in [1.807, 2.05) is 47.5 Å². The van der Waals surface area contributed by atoms with E-state index in [1.165, 1.54) is 0 Å². The number of halogens is 1. The second-order valence-corrected chi connectivity index (χ2v) is 9.50. The summed E-state index contributed by atoms with van der Waals surface area (Å²) in [5.74, 6) is 0.628. The van der Waals surface area contributed by atoms with E-state index < -0.39 is 0 Å². The average Bonchev–Trinajstić information content (AvgIpc) is 3.21. The van der Waals surface area contributed by atoms with Crippen LogP contribution in [0.3, 0.4) is 0 Å². The van der Waals surface area contributed by atoms with Crippen molar-refractivity contribution in [2.24, 2.45) is 5.92 Å². The zero-order valence-electron chi connectivity index (χ0n) is 18.7. The Balaban J connectivity index is 1.24. The highest BCUT2D eigenvalue weighted by Crippen LogP contribution is 2.35. The lowest BCUT2D eigenvalue weighted by Crippen LogP contribution is -2.40. The van der Waals surface area contributed by atoms with Crippen LogP contribution in [0, 0.1) is 5.92 Å². The molecular formula is C26H30ClN3O3. The van der Waals surface area contributed by atoms with Crippen LogP contribution < -0.4 is 5.32 Å². The number of benzene rings is 2. The molecule has 7 heteroatoms. The summed E-state index contributed by atoms with van der Waals surface area (Å²) < 4.78 is 7.81. The minimum Gasteiger partial charge on any atom is -0.494 e. The molecule has 3 aromatic rings. The number of hydrogen-bond donors (Lipinski definition) is 2. The molecule has 0 bridgehead atoms. The van der Waals surface area contributed by atoms with Crippen molar-refractivity contribution in [1.29, 1.82) is 0 Å². The van der Waals surface area contributed by atoms with Crippen molar-refractivity contribution in [3.8, 4) is 11.6 Å². The highest BCUT2D eigenvalue weighted by atomic mass is 35.5. The predicted octanol–water partition coefficient (Wildman–Crippen LogP) is 4.61. The summed E-state index contributed by atoms with van der Waals surface area (Å²) in [5, 5.41) is 16.1. The number of piperidine rings is 2. The van der Waals surface area contributed by atoms with Crippen LogP contribution in [0.4, 0.5) is 0 Å². The van der Waals surface area contributed by atoms with Gasteiger partial charge in [0.05, 0.1) is 16.5 Å². The number of carbonyl (C=O) groups excluding carboxylic acids is 1.